The molecule has 0 heterocycles. The molecule has 0 unspecified atom stereocenters. The third kappa shape index (κ3) is 4.02. The number of hydrogen-bond acceptors (Lipinski definition) is 2. The Kier molecular flexibility index (Phi) is 5.45. The summed E-state index contributed by atoms with van der Waals surface area (Å²) >= 11 is 0. The van der Waals surface area contributed by atoms with Crippen LogP contribution in [0.5, 0.6) is 5.75 Å². The third-order valence-electron chi connectivity index (χ3n) is 3.02. The molecule has 1 atom stereocenters. The highest BCUT2D eigenvalue weighted by Gasteiger charge is 2.10. The number of nitrogens with two attached hydrogens (primary N) is 1. The zero-order valence-electron chi connectivity index (χ0n) is 11.3. The van der Waals surface area contributed by atoms with E-state index in [9.17, 15) is 5.11 Å². The summed E-state index contributed by atoms with van der Waals surface area (Å²) < 4.78 is 5.74. The van der Waals surface area contributed by atoms with Crippen molar-refractivity contribution < 1.29 is 15.2 Å². The molecule has 0 amide bonds. The number of aliphatic hydroxyl groups excluding tert-OH is 1. The van der Waals surface area contributed by atoms with Gasteiger partial charge in [0.2, 0.25) is 0 Å². The van der Waals surface area contributed by atoms with Gasteiger partial charge in [-0.1, -0.05) is 12.1 Å². The number of rotatable bonds is 6. The van der Waals surface area contributed by atoms with E-state index < -0.39 is 6.10 Å². The number of ether oxygens (including phenoxy) is 1. The number of aliphatic hydroxyl groups is 1. The minimum Gasteiger partial charge on any atom is -0.490 e. The monoisotopic (exact) mass is 238 g/mol. The van der Waals surface area contributed by atoms with Gasteiger partial charge in [-0.3, -0.25) is 0 Å². The fourth-order valence-corrected chi connectivity index (χ4v) is 1.75. The highest BCUT2D eigenvalue weighted by Crippen LogP contribution is 2.25. The SMILES string of the molecule is CC[NH2+]C[C@H](O)COc1c(C)ccc(C)c1C. The average Bonchev–Trinajstić information content (AvgIpc) is 2.31. The summed E-state index contributed by atoms with van der Waals surface area (Å²) in [5, 5.41) is 11.8. The Morgan fingerprint density at radius 3 is 2.53 bits per heavy atom. The predicted octanol–water partition coefficient (Wildman–Crippen LogP) is 0.935. The van der Waals surface area contributed by atoms with Crippen LogP contribution in [0.3, 0.4) is 0 Å². The van der Waals surface area contributed by atoms with E-state index in [0.717, 1.165) is 23.4 Å². The standard InChI is InChI=1S/C14H23NO2/c1-5-15-8-13(16)9-17-14-11(3)7-6-10(2)12(14)4/h6-7,13,15-16H,5,8-9H2,1-4H3/p+1/t13-/m0/s1. The minimum absolute atomic E-state index is 0.363. The van der Waals surface area contributed by atoms with Gasteiger partial charge in [-0.25, -0.2) is 0 Å². The molecule has 3 heteroatoms. The summed E-state index contributed by atoms with van der Waals surface area (Å²) in [4.78, 5) is 0. The van der Waals surface area contributed by atoms with Crippen LogP contribution < -0.4 is 10.1 Å². The first-order valence-electron chi connectivity index (χ1n) is 6.25. The van der Waals surface area contributed by atoms with E-state index >= 15 is 0 Å². The van der Waals surface area contributed by atoms with Gasteiger partial charge in [-0.15, -0.1) is 0 Å². The van der Waals surface area contributed by atoms with Crippen LogP contribution >= 0.6 is 0 Å². The summed E-state index contributed by atoms with van der Waals surface area (Å²) in [6.07, 6.45) is -0.408. The van der Waals surface area contributed by atoms with Gasteiger partial charge in [0.1, 0.15) is 25.0 Å². The number of quaternary nitrogens is 1. The van der Waals surface area contributed by atoms with E-state index in [-0.39, 0.29) is 0 Å². The molecule has 96 valence electrons. The van der Waals surface area contributed by atoms with Gasteiger partial charge in [0.05, 0.1) is 6.54 Å². The molecule has 3 nitrogen and oxygen atoms in total. The van der Waals surface area contributed by atoms with Gasteiger partial charge >= 0.3 is 0 Å². The zero-order valence-corrected chi connectivity index (χ0v) is 11.3. The first-order valence-corrected chi connectivity index (χ1v) is 6.25. The van der Waals surface area contributed by atoms with Gasteiger partial charge in [-0.2, -0.15) is 0 Å². The first kappa shape index (κ1) is 14.0. The molecular formula is C14H24NO2+. The molecule has 0 aliphatic rings. The predicted molar refractivity (Wildman–Crippen MR) is 69.5 cm³/mol. The van der Waals surface area contributed by atoms with Gasteiger partial charge in [0, 0.05) is 0 Å². The maximum absolute atomic E-state index is 9.74. The third-order valence-corrected chi connectivity index (χ3v) is 3.02. The Bertz CT molecular complexity index is 363. The quantitative estimate of drug-likeness (QED) is 0.774. The largest absolute Gasteiger partial charge is 0.490 e. The molecule has 0 spiro atoms. The molecule has 0 fully saturated rings. The molecule has 0 aliphatic carbocycles. The first-order chi connectivity index (χ1) is 8.06. The van der Waals surface area contributed by atoms with Crippen LogP contribution in [0.15, 0.2) is 12.1 Å². The average molecular weight is 238 g/mol. The van der Waals surface area contributed by atoms with E-state index in [4.69, 9.17) is 4.74 Å². The Hall–Kier alpha value is -1.06. The molecule has 17 heavy (non-hydrogen) atoms. The Balaban J connectivity index is 2.60. The van der Waals surface area contributed by atoms with Gasteiger partial charge < -0.3 is 15.2 Å². The summed E-state index contributed by atoms with van der Waals surface area (Å²) in [5.41, 5.74) is 3.51. The fraction of sp³-hybridized carbons (Fsp3) is 0.571. The highest BCUT2D eigenvalue weighted by molar-refractivity contribution is 5.44. The molecule has 0 saturated carbocycles. The van der Waals surface area contributed by atoms with Crippen molar-refractivity contribution in [3.63, 3.8) is 0 Å². The van der Waals surface area contributed by atoms with Crippen molar-refractivity contribution >= 4 is 0 Å². The van der Waals surface area contributed by atoms with E-state index in [1.54, 1.807) is 0 Å². The molecule has 1 rings (SSSR count). The van der Waals surface area contributed by atoms with Crippen molar-refractivity contribution in [3.8, 4) is 5.75 Å². The number of aryl methyl sites for hydroxylation is 2. The maximum Gasteiger partial charge on any atom is 0.137 e. The molecule has 0 saturated heterocycles. The van der Waals surface area contributed by atoms with Crippen molar-refractivity contribution in [2.75, 3.05) is 19.7 Å². The maximum atomic E-state index is 9.74. The lowest BCUT2D eigenvalue weighted by molar-refractivity contribution is -0.658. The Morgan fingerprint density at radius 1 is 1.24 bits per heavy atom. The van der Waals surface area contributed by atoms with Crippen LogP contribution in [-0.4, -0.2) is 30.9 Å². The van der Waals surface area contributed by atoms with Crippen LogP contribution in [0.1, 0.15) is 23.6 Å². The van der Waals surface area contributed by atoms with Gasteiger partial charge in [-0.05, 0) is 44.4 Å². The summed E-state index contributed by atoms with van der Waals surface area (Å²) in [6, 6.07) is 4.15. The summed E-state index contributed by atoms with van der Waals surface area (Å²) in [7, 11) is 0. The molecule has 0 bridgehead atoms. The second-order valence-electron chi connectivity index (χ2n) is 4.55. The molecule has 0 aliphatic heterocycles. The van der Waals surface area contributed by atoms with Gasteiger partial charge in [0.15, 0.2) is 0 Å². The van der Waals surface area contributed by atoms with E-state index in [1.165, 1.54) is 5.56 Å². The van der Waals surface area contributed by atoms with Gasteiger partial charge in [0.25, 0.3) is 0 Å². The molecular weight excluding hydrogens is 214 g/mol. The van der Waals surface area contributed by atoms with Crippen LogP contribution in [0, 0.1) is 20.8 Å². The van der Waals surface area contributed by atoms with Crippen molar-refractivity contribution in [1.29, 1.82) is 0 Å². The Labute approximate surface area is 104 Å². The topological polar surface area (TPSA) is 46.1 Å². The summed E-state index contributed by atoms with van der Waals surface area (Å²) in [5.74, 6) is 0.917. The highest BCUT2D eigenvalue weighted by atomic mass is 16.5. The summed E-state index contributed by atoms with van der Waals surface area (Å²) in [6.45, 7) is 10.3. The molecule has 1 aromatic carbocycles. The molecule has 0 aromatic heterocycles. The van der Waals surface area contributed by atoms with Crippen molar-refractivity contribution in [2.45, 2.75) is 33.8 Å². The van der Waals surface area contributed by atoms with Crippen LogP contribution in [0.4, 0.5) is 0 Å². The van der Waals surface area contributed by atoms with E-state index in [0.29, 0.717) is 13.2 Å². The normalized spacial score (nSPS) is 12.5. The second-order valence-corrected chi connectivity index (χ2v) is 4.55. The molecule has 0 radical (unpaired) electrons. The molecule has 3 N–H and O–H groups in total. The number of benzene rings is 1. The molecule has 1 aromatic rings. The van der Waals surface area contributed by atoms with Crippen LogP contribution in [0.25, 0.3) is 0 Å². The lowest BCUT2D eigenvalue weighted by Crippen LogP contribution is -2.86. The van der Waals surface area contributed by atoms with Crippen LogP contribution in [-0.2, 0) is 0 Å². The minimum atomic E-state index is -0.408. The van der Waals surface area contributed by atoms with Crippen molar-refractivity contribution in [1.82, 2.24) is 0 Å². The van der Waals surface area contributed by atoms with E-state index in [1.807, 2.05) is 6.92 Å². The van der Waals surface area contributed by atoms with Crippen molar-refractivity contribution in [3.05, 3.63) is 28.8 Å². The number of hydrogen-bond donors (Lipinski definition) is 2. The van der Waals surface area contributed by atoms with Crippen LogP contribution in [0.2, 0.25) is 0 Å². The lowest BCUT2D eigenvalue weighted by Gasteiger charge is -2.16. The smallest absolute Gasteiger partial charge is 0.137 e. The van der Waals surface area contributed by atoms with Crippen molar-refractivity contribution in [2.24, 2.45) is 0 Å². The zero-order chi connectivity index (χ0) is 12.8. The fourth-order valence-electron chi connectivity index (χ4n) is 1.75. The Morgan fingerprint density at radius 2 is 1.88 bits per heavy atom. The second kappa shape index (κ2) is 6.62. The number of likely N-dealkylation sites (N-methyl/N-ethyl adjacent to an activating group) is 1. The lowest BCUT2D eigenvalue weighted by atomic mass is 10.1. The van der Waals surface area contributed by atoms with E-state index in [2.05, 4.69) is 38.2 Å².